The van der Waals surface area contributed by atoms with Gasteiger partial charge < -0.3 is 9.32 Å². The molecule has 2 aliphatic rings. The maximum atomic E-state index is 12.5. The highest BCUT2D eigenvalue weighted by molar-refractivity contribution is 7.90. The number of sulfonamides is 1. The third-order valence-corrected chi connectivity index (χ3v) is 6.45. The molecule has 0 bridgehead atoms. The standard InChI is InChI=1S/C15H22N2O4S/c18-15(14-8-4-10-21-14)17-9-3-7-13(11-17)22(19,20)16-12-5-1-2-6-12/h4,8,10,12-13,16H,1-3,5-7,9,11H2. The number of rotatable bonds is 4. The van der Waals surface area contributed by atoms with Gasteiger partial charge >= 0.3 is 0 Å². The Morgan fingerprint density at radius 1 is 1.23 bits per heavy atom. The van der Waals surface area contributed by atoms with Crippen molar-refractivity contribution < 1.29 is 17.6 Å². The summed E-state index contributed by atoms with van der Waals surface area (Å²) in [6, 6.07) is 3.34. The van der Waals surface area contributed by atoms with E-state index < -0.39 is 15.3 Å². The second-order valence-electron chi connectivity index (χ2n) is 6.14. The minimum atomic E-state index is -3.38. The summed E-state index contributed by atoms with van der Waals surface area (Å²) in [5, 5.41) is -0.527. The lowest BCUT2D eigenvalue weighted by Gasteiger charge is -2.32. The summed E-state index contributed by atoms with van der Waals surface area (Å²) in [5.74, 6) is 0.0348. The minimum absolute atomic E-state index is 0.0705. The van der Waals surface area contributed by atoms with E-state index in [9.17, 15) is 13.2 Å². The molecule has 0 spiro atoms. The van der Waals surface area contributed by atoms with Crippen molar-refractivity contribution in [1.82, 2.24) is 9.62 Å². The molecule has 1 unspecified atom stereocenters. The average molecular weight is 326 g/mol. The predicted molar refractivity (Wildman–Crippen MR) is 81.9 cm³/mol. The van der Waals surface area contributed by atoms with Gasteiger partial charge in [0.15, 0.2) is 5.76 Å². The first-order chi connectivity index (χ1) is 10.6. The summed E-state index contributed by atoms with van der Waals surface area (Å²) in [5.41, 5.74) is 0. The first-order valence-electron chi connectivity index (χ1n) is 7.90. The van der Waals surface area contributed by atoms with Gasteiger partial charge in [-0.25, -0.2) is 13.1 Å². The molecule has 0 radical (unpaired) electrons. The van der Waals surface area contributed by atoms with E-state index in [2.05, 4.69) is 4.72 Å². The zero-order valence-electron chi connectivity index (χ0n) is 12.5. The Morgan fingerprint density at radius 3 is 2.68 bits per heavy atom. The lowest BCUT2D eigenvalue weighted by molar-refractivity contribution is 0.0694. The SMILES string of the molecule is O=C(c1ccco1)N1CCCC(S(=O)(=O)NC2CCCC2)C1. The number of furan rings is 1. The molecular weight excluding hydrogens is 304 g/mol. The van der Waals surface area contributed by atoms with Gasteiger partial charge in [0, 0.05) is 19.1 Å². The highest BCUT2D eigenvalue weighted by atomic mass is 32.2. The molecule has 1 saturated heterocycles. The van der Waals surface area contributed by atoms with E-state index in [1.807, 2.05) is 0 Å². The van der Waals surface area contributed by atoms with Gasteiger partial charge in [0.25, 0.3) is 5.91 Å². The number of carbonyl (C=O) groups excluding carboxylic acids is 1. The van der Waals surface area contributed by atoms with Crippen molar-refractivity contribution in [2.75, 3.05) is 13.1 Å². The number of likely N-dealkylation sites (tertiary alicyclic amines) is 1. The van der Waals surface area contributed by atoms with Gasteiger partial charge in [0.05, 0.1) is 11.5 Å². The fraction of sp³-hybridized carbons (Fsp3) is 0.667. The molecule has 1 aromatic rings. The van der Waals surface area contributed by atoms with Crippen LogP contribution in [0.5, 0.6) is 0 Å². The molecule has 2 fully saturated rings. The quantitative estimate of drug-likeness (QED) is 0.914. The Morgan fingerprint density at radius 2 is 2.00 bits per heavy atom. The van der Waals surface area contributed by atoms with E-state index in [4.69, 9.17) is 4.42 Å². The minimum Gasteiger partial charge on any atom is -0.459 e. The first-order valence-corrected chi connectivity index (χ1v) is 9.45. The van der Waals surface area contributed by atoms with E-state index in [1.165, 1.54) is 6.26 Å². The third kappa shape index (κ3) is 3.35. The fourth-order valence-corrected chi connectivity index (χ4v) is 5.05. The zero-order valence-corrected chi connectivity index (χ0v) is 13.3. The summed E-state index contributed by atoms with van der Waals surface area (Å²) < 4.78 is 33.0. The van der Waals surface area contributed by atoms with Gasteiger partial charge in [-0.15, -0.1) is 0 Å². The highest BCUT2D eigenvalue weighted by Crippen LogP contribution is 2.23. The van der Waals surface area contributed by atoms with Gasteiger partial charge in [-0.3, -0.25) is 4.79 Å². The van der Waals surface area contributed by atoms with Crippen LogP contribution >= 0.6 is 0 Å². The van der Waals surface area contributed by atoms with Gasteiger partial charge in [-0.05, 0) is 37.8 Å². The van der Waals surface area contributed by atoms with Crippen molar-refractivity contribution in [3.05, 3.63) is 24.2 Å². The molecule has 7 heteroatoms. The second kappa shape index (κ2) is 6.42. The van der Waals surface area contributed by atoms with Gasteiger partial charge in [-0.2, -0.15) is 0 Å². The average Bonchev–Trinajstić information content (AvgIpc) is 3.19. The Labute approximate surface area is 130 Å². The smallest absolute Gasteiger partial charge is 0.289 e. The Kier molecular flexibility index (Phi) is 4.54. The molecule has 2 heterocycles. The molecule has 1 aromatic heterocycles. The maximum Gasteiger partial charge on any atom is 0.289 e. The third-order valence-electron chi connectivity index (χ3n) is 4.52. The van der Waals surface area contributed by atoms with Crippen molar-refractivity contribution in [3.63, 3.8) is 0 Å². The number of nitrogens with zero attached hydrogens (tertiary/aromatic N) is 1. The van der Waals surface area contributed by atoms with Gasteiger partial charge in [0.1, 0.15) is 0 Å². The van der Waals surface area contributed by atoms with Crippen LogP contribution in [0.4, 0.5) is 0 Å². The molecule has 1 aliphatic heterocycles. The number of hydrogen-bond donors (Lipinski definition) is 1. The van der Waals surface area contributed by atoms with Crippen LogP contribution in [0.25, 0.3) is 0 Å². The summed E-state index contributed by atoms with van der Waals surface area (Å²) in [6.07, 6.45) is 6.75. The van der Waals surface area contributed by atoms with E-state index in [1.54, 1.807) is 17.0 Å². The lowest BCUT2D eigenvalue weighted by atomic mass is 10.1. The summed E-state index contributed by atoms with van der Waals surface area (Å²) >= 11 is 0. The molecule has 6 nitrogen and oxygen atoms in total. The summed E-state index contributed by atoms with van der Waals surface area (Å²) in [7, 11) is -3.38. The van der Waals surface area contributed by atoms with Gasteiger partial charge in [-0.1, -0.05) is 12.8 Å². The molecule has 1 N–H and O–H groups in total. The van der Waals surface area contributed by atoms with Crippen molar-refractivity contribution in [2.45, 2.75) is 49.8 Å². The Hall–Kier alpha value is -1.34. The van der Waals surface area contributed by atoms with Crippen molar-refractivity contribution in [3.8, 4) is 0 Å². The first kappa shape index (κ1) is 15.6. The number of nitrogens with one attached hydrogen (secondary N) is 1. The van der Waals surface area contributed by atoms with E-state index in [-0.39, 0.29) is 24.3 Å². The van der Waals surface area contributed by atoms with Crippen LogP contribution in [0.15, 0.2) is 22.8 Å². The van der Waals surface area contributed by atoms with Crippen LogP contribution in [-0.4, -0.2) is 43.6 Å². The summed E-state index contributed by atoms with van der Waals surface area (Å²) in [6.45, 7) is 0.816. The molecule has 1 saturated carbocycles. The van der Waals surface area contributed by atoms with Crippen molar-refractivity contribution in [2.24, 2.45) is 0 Å². The number of piperidine rings is 1. The number of carbonyl (C=O) groups is 1. The predicted octanol–water partition coefficient (Wildman–Crippen LogP) is 1.75. The largest absolute Gasteiger partial charge is 0.459 e. The van der Waals surface area contributed by atoms with E-state index in [0.717, 1.165) is 25.7 Å². The molecule has 122 valence electrons. The number of hydrogen-bond acceptors (Lipinski definition) is 4. The van der Waals surface area contributed by atoms with Crippen LogP contribution in [0.1, 0.15) is 49.1 Å². The zero-order chi connectivity index (χ0) is 15.6. The Balaban J connectivity index is 1.65. The topological polar surface area (TPSA) is 79.6 Å². The normalized spacial score (nSPS) is 23.8. The van der Waals surface area contributed by atoms with Crippen LogP contribution in [-0.2, 0) is 10.0 Å². The monoisotopic (exact) mass is 326 g/mol. The van der Waals surface area contributed by atoms with Crippen LogP contribution in [0.3, 0.4) is 0 Å². The molecule has 1 amide bonds. The van der Waals surface area contributed by atoms with Crippen LogP contribution in [0, 0.1) is 0 Å². The molecule has 22 heavy (non-hydrogen) atoms. The van der Waals surface area contributed by atoms with Crippen molar-refractivity contribution >= 4 is 15.9 Å². The second-order valence-corrected chi connectivity index (χ2v) is 8.13. The lowest BCUT2D eigenvalue weighted by Crippen LogP contribution is -2.49. The molecule has 1 aliphatic carbocycles. The van der Waals surface area contributed by atoms with E-state index in [0.29, 0.717) is 19.4 Å². The fourth-order valence-electron chi connectivity index (χ4n) is 3.30. The number of amides is 1. The van der Waals surface area contributed by atoms with Gasteiger partial charge in [0.2, 0.25) is 10.0 Å². The molecule has 0 aromatic carbocycles. The van der Waals surface area contributed by atoms with Crippen LogP contribution in [0.2, 0.25) is 0 Å². The van der Waals surface area contributed by atoms with Crippen molar-refractivity contribution in [1.29, 1.82) is 0 Å². The van der Waals surface area contributed by atoms with Crippen LogP contribution < -0.4 is 4.72 Å². The highest BCUT2D eigenvalue weighted by Gasteiger charge is 2.35. The Bertz CT molecular complexity index is 605. The van der Waals surface area contributed by atoms with E-state index >= 15 is 0 Å². The molecule has 3 rings (SSSR count). The summed E-state index contributed by atoms with van der Waals surface area (Å²) in [4.78, 5) is 13.9. The maximum absolute atomic E-state index is 12.5. The molecular formula is C15H22N2O4S. The molecule has 1 atom stereocenters.